The SMILES string of the molecule is CC(C)Oc1cc(N2CCC(N(C)C)CC2)ccc1Nc1ncc(Cl)c(Nc2ccccc2S(=O)(=O)C(C)C)n1. The zero-order chi connectivity index (χ0) is 29.0. The first-order valence-corrected chi connectivity index (χ1v) is 15.5. The van der Waals surface area contributed by atoms with Crippen LogP contribution in [0.4, 0.5) is 28.8 Å². The molecule has 0 aliphatic carbocycles. The maximum atomic E-state index is 12.9. The highest BCUT2D eigenvalue weighted by Crippen LogP contribution is 2.35. The Kier molecular flexibility index (Phi) is 9.43. The van der Waals surface area contributed by atoms with E-state index in [1.54, 1.807) is 38.1 Å². The fraction of sp³-hybridized carbons (Fsp3) is 0.448. The minimum Gasteiger partial charge on any atom is -0.489 e. The van der Waals surface area contributed by atoms with Gasteiger partial charge in [0.1, 0.15) is 10.8 Å². The van der Waals surface area contributed by atoms with Gasteiger partial charge in [-0.15, -0.1) is 0 Å². The smallest absolute Gasteiger partial charge is 0.229 e. The van der Waals surface area contributed by atoms with Gasteiger partial charge in [0.2, 0.25) is 5.95 Å². The number of ether oxygens (including phenoxy) is 1. The van der Waals surface area contributed by atoms with Crippen LogP contribution >= 0.6 is 11.6 Å². The summed E-state index contributed by atoms with van der Waals surface area (Å²) in [6.45, 7) is 9.25. The molecular formula is C29H39ClN6O3S. The fourth-order valence-electron chi connectivity index (χ4n) is 4.64. The zero-order valence-electron chi connectivity index (χ0n) is 24.0. The first-order valence-electron chi connectivity index (χ1n) is 13.6. The molecule has 1 fully saturated rings. The maximum Gasteiger partial charge on any atom is 0.229 e. The van der Waals surface area contributed by atoms with Gasteiger partial charge in [0, 0.05) is 30.9 Å². The Morgan fingerprint density at radius 1 is 1.02 bits per heavy atom. The molecule has 4 rings (SSSR count). The number of para-hydroxylation sites is 1. The van der Waals surface area contributed by atoms with Crippen molar-refractivity contribution in [1.82, 2.24) is 14.9 Å². The summed E-state index contributed by atoms with van der Waals surface area (Å²) in [7, 11) is 0.756. The van der Waals surface area contributed by atoms with Gasteiger partial charge in [0.15, 0.2) is 15.7 Å². The van der Waals surface area contributed by atoms with Crippen molar-refractivity contribution in [2.75, 3.05) is 42.7 Å². The van der Waals surface area contributed by atoms with Gasteiger partial charge in [-0.2, -0.15) is 4.98 Å². The van der Waals surface area contributed by atoms with Crippen LogP contribution in [0, 0.1) is 0 Å². The minimum atomic E-state index is -3.52. The average molecular weight is 587 g/mol. The van der Waals surface area contributed by atoms with E-state index < -0.39 is 15.1 Å². The molecule has 0 atom stereocenters. The van der Waals surface area contributed by atoms with E-state index in [1.807, 2.05) is 19.9 Å². The molecular weight excluding hydrogens is 548 g/mol. The van der Waals surface area contributed by atoms with Gasteiger partial charge in [0.05, 0.1) is 33.8 Å². The van der Waals surface area contributed by atoms with Crippen molar-refractivity contribution >= 4 is 50.3 Å². The third-order valence-electron chi connectivity index (χ3n) is 6.95. The predicted octanol–water partition coefficient (Wildman–Crippen LogP) is 6.12. The summed E-state index contributed by atoms with van der Waals surface area (Å²) < 4.78 is 32.0. The highest BCUT2D eigenvalue weighted by Gasteiger charge is 2.24. The Morgan fingerprint density at radius 2 is 1.73 bits per heavy atom. The number of sulfone groups is 1. The standard InChI is InChI=1S/C29H39ClN6O3S/c1-19(2)39-26-17-22(36-15-13-21(14-16-36)35(5)6)11-12-24(26)33-29-31-18-23(30)28(34-29)32-25-9-7-8-10-27(25)40(37,38)20(3)4/h7-12,17-21H,13-16H2,1-6H3,(H2,31,32,33,34). The second-order valence-corrected chi connectivity index (χ2v) is 13.6. The monoisotopic (exact) mass is 586 g/mol. The highest BCUT2D eigenvalue weighted by molar-refractivity contribution is 7.92. The molecule has 2 heterocycles. The van der Waals surface area contributed by atoms with Crippen LogP contribution in [-0.4, -0.2) is 67.9 Å². The molecule has 9 nitrogen and oxygen atoms in total. The summed E-state index contributed by atoms with van der Waals surface area (Å²) in [5.41, 5.74) is 2.23. The zero-order valence-corrected chi connectivity index (χ0v) is 25.6. The molecule has 2 aromatic carbocycles. The quantitative estimate of drug-likeness (QED) is 0.291. The summed E-state index contributed by atoms with van der Waals surface area (Å²) in [6, 6.07) is 13.4. The molecule has 40 heavy (non-hydrogen) atoms. The van der Waals surface area contributed by atoms with Crippen LogP contribution in [-0.2, 0) is 9.84 Å². The lowest BCUT2D eigenvalue weighted by Gasteiger charge is -2.36. The number of piperidine rings is 1. The summed E-state index contributed by atoms with van der Waals surface area (Å²) in [5.74, 6) is 1.28. The third kappa shape index (κ3) is 6.97. The number of hydrogen-bond acceptors (Lipinski definition) is 9. The number of rotatable bonds is 10. The average Bonchev–Trinajstić information content (AvgIpc) is 2.91. The van der Waals surface area contributed by atoms with Gasteiger partial charge < -0.3 is 25.2 Å². The normalized spacial score (nSPS) is 14.7. The fourth-order valence-corrected chi connectivity index (χ4v) is 5.98. The first-order chi connectivity index (χ1) is 19.0. The summed E-state index contributed by atoms with van der Waals surface area (Å²) in [6.07, 6.45) is 3.68. The topological polar surface area (TPSA) is 99.7 Å². The maximum absolute atomic E-state index is 12.9. The van der Waals surface area contributed by atoms with Gasteiger partial charge in [-0.25, -0.2) is 13.4 Å². The Morgan fingerprint density at radius 3 is 2.38 bits per heavy atom. The van der Waals surface area contributed by atoms with Gasteiger partial charge in [-0.05, 0) is 78.9 Å². The van der Waals surface area contributed by atoms with Crippen molar-refractivity contribution in [2.45, 2.75) is 62.8 Å². The lowest BCUT2D eigenvalue weighted by Crippen LogP contribution is -2.42. The predicted molar refractivity (Wildman–Crippen MR) is 163 cm³/mol. The molecule has 2 N–H and O–H groups in total. The van der Waals surface area contributed by atoms with E-state index in [1.165, 1.54) is 6.20 Å². The van der Waals surface area contributed by atoms with Gasteiger partial charge >= 0.3 is 0 Å². The lowest BCUT2D eigenvalue weighted by atomic mass is 10.0. The van der Waals surface area contributed by atoms with Gasteiger partial charge in [0.25, 0.3) is 0 Å². The molecule has 216 valence electrons. The van der Waals surface area contributed by atoms with E-state index >= 15 is 0 Å². The van der Waals surface area contributed by atoms with Crippen molar-refractivity contribution in [3.63, 3.8) is 0 Å². The van der Waals surface area contributed by atoms with E-state index in [4.69, 9.17) is 16.3 Å². The number of benzene rings is 2. The molecule has 11 heteroatoms. The molecule has 0 amide bonds. The Balaban J connectivity index is 1.59. The summed E-state index contributed by atoms with van der Waals surface area (Å²) in [5, 5.41) is 6.04. The molecule has 0 unspecified atom stereocenters. The van der Waals surface area contributed by atoms with Crippen molar-refractivity contribution in [1.29, 1.82) is 0 Å². The van der Waals surface area contributed by atoms with Crippen molar-refractivity contribution in [2.24, 2.45) is 0 Å². The number of nitrogens with one attached hydrogen (secondary N) is 2. The molecule has 1 aliphatic rings. The number of anilines is 5. The van der Waals surface area contributed by atoms with Crippen molar-refractivity contribution in [3.05, 3.63) is 53.7 Å². The number of nitrogens with zero attached hydrogens (tertiary/aromatic N) is 4. The van der Waals surface area contributed by atoms with Crippen LogP contribution in [0.5, 0.6) is 5.75 Å². The second kappa shape index (κ2) is 12.6. The molecule has 1 aromatic heterocycles. The first kappa shape index (κ1) is 29.9. The molecule has 0 radical (unpaired) electrons. The van der Waals surface area contributed by atoms with Crippen LogP contribution in [0.2, 0.25) is 5.02 Å². The van der Waals surface area contributed by atoms with E-state index in [9.17, 15) is 8.42 Å². The Bertz CT molecular complexity index is 1420. The number of aromatic nitrogens is 2. The molecule has 3 aromatic rings. The molecule has 1 saturated heterocycles. The van der Waals surface area contributed by atoms with E-state index in [2.05, 4.69) is 56.6 Å². The van der Waals surface area contributed by atoms with Crippen molar-refractivity contribution < 1.29 is 13.2 Å². The van der Waals surface area contributed by atoms with Crippen LogP contribution < -0.4 is 20.3 Å². The molecule has 0 spiro atoms. The largest absolute Gasteiger partial charge is 0.489 e. The molecule has 0 saturated carbocycles. The third-order valence-corrected chi connectivity index (χ3v) is 9.43. The summed E-state index contributed by atoms with van der Waals surface area (Å²) >= 11 is 6.42. The van der Waals surface area contributed by atoms with Crippen LogP contribution in [0.25, 0.3) is 0 Å². The Labute approximate surface area is 242 Å². The van der Waals surface area contributed by atoms with E-state index in [-0.39, 0.29) is 21.8 Å². The van der Waals surface area contributed by atoms with Crippen LogP contribution in [0.15, 0.2) is 53.6 Å². The van der Waals surface area contributed by atoms with E-state index in [0.717, 1.165) is 37.3 Å². The lowest BCUT2D eigenvalue weighted by molar-refractivity contribution is 0.243. The second-order valence-electron chi connectivity index (χ2n) is 10.8. The van der Waals surface area contributed by atoms with E-state index in [0.29, 0.717) is 23.4 Å². The Hall–Kier alpha value is -3.08. The van der Waals surface area contributed by atoms with Crippen LogP contribution in [0.3, 0.4) is 0 Å². The number of halogens is 1. The summed E-state index contributed by atoms with van der Waals surface area (Å²) in [4.78, 5) is 13.8. The highest BCUT2D eigenvalue weighted by atomic mass is 35.5. The molecule has 1 aliphatic heterocycles. The van der Waals surface area contributed by atoms with Gasteiger partial charge in [-0.1, -0.05) is 23.7 Å². The number of hydrogen-bond donors (Lipinski definition) is 2. The minimum absolute atomic E-state index is 0.0296. The van der Waals surface area contributed by atoms with Crippen LogP contribution in [0.1, 0.15) is 40.5 Å². The van der Waals surface area contributed by atoms with Gasteiger partial charge in [-0.3, -0.25) is 0 Å². The molecule has 0 bridgehead atoms. The van der Waals surface area contributed by atoms with Crippen molar-refractivity contribution in [3.8, 4) is 5.75 Å².